The number of guanidine groups is 1. The Morgan fingerprint density at radius 1 is 1.25 bits per heavy atom. The molecule has 1 unspecified atom stereocenters. The summed E-state index contributed by atoms with van der Waals surface area (Å²) in [6.07, 6.45) is 1.55. The molecule has 1 aromatic carbocycles. The number of aliphatic hydroxyl groups is 1. The highest BCUT2D eigenvalue weighted by atomic mass is 16.5. The van der Waals surface area contributed by atoms with Gasteiger partial charge in [-0.3, -0.25) is 0 Å². The molecule has 7 heteroatoms. The Kier molecular flexibility index (Phi) is 8.35. The van der Waals surface area contributed by atoms with Gasteiger partial charge in [-0.05, 0) is 57.8 Å². The van der Waals surface area contributed by atoms with Gasteiger partial charge in [0.25, 0.3) is 0 Å². The van der Waals surface area contributed by atoms with Crippen molar-refractivity contribution in [1.29, 1.82) is 0 Å². The number of hydrogen-bond acceptors (Lipinski definition) is 5. The van der Waals surface area contributed by atoms with E-state index in [1.54, 1.807) is 25.3 Å². The van der Waals surface area contributed by atoms with E-state index < -0.39 is 5.60 Å². The van der Waals surface area contributed by atoms with Crippen molar-refractivity contribution in [2.45, 2.75) is 26.0 Å². The van der Waals surface area contributed by atoms with Crippen LogP contribution >= 0.6 is 0 Å². The van der Waals surface area contributed by atoms with E-state index in [1.807, 2.05) is 45.3 Å². The maximum atomic E-state index is 10.6. The van der Waals surface area contributed by atoms with Crippen LogP contribution in [0.1, 0.15) is 25.2 Å². The molecule has 2 aromatic rings. The van der Waals surface area contributed by atoms with Crippen molar-refractivity contribution < 1.29 is 14.3 Å². The summed E-state index contributed by atoms with van der Waals surface area (Å²) in [5.41, 5.74) is -0.0720. The summed E-state index contributed by atoms with van der Waals surface area (Å²) in [5, 5.41) is 16.9. The summed E-state index contributed by atoms with van der Waals surface area (Å²) in [7, 11) is 4.04. The number of ether oxygens (including phenoxy) is 1. The number of benzene rings is 1. The van der Waals surface area contributed by atoms with Crippen molar-refractivity contribution >= 4 is 5.96 Å². The first-order chi connectivity index (χ1) is 13.4. The lowest BCUT2D eigenvalue weighted by molar-refractivity contribution is 0.0386. The van der Waals surface area contributed by atoms with Gasteiger partial charge in [-0.1, -0.05) is 12.1 Å². The van der Waals surface area contributed by atoms with Crippen LogP contribution in [0, 0.1) is 0 Å². The highest BCUT2D eigenvalue weighted by Crippen LogP contribution is 2.19. The van der Waals surface area contributed by atoms with Crippen LogP contribution in [-0.2, 0) is 12.1 Å². The molecule has 0 radical (unpaired) electrons. The molecule has 0 fully saturated rings. The van der Waals surface area contributed by atoms with Crippen molar-refractivity contribution in [3.05, 3.63) is 54.0 Å². The quantitative estimate of drug-likeness (QED) is 0.428. The molecule has 0 aliphatic heterocycles. The number of nitrogens with one attached hydrogen (secondary N) is 2. The number of hydrogen-bond donors (Lipinski definition) is 3. The second-order valence-electron chi connectivity index (χ2n) is 7.10. The standard InChI is InChI=1S/C21H32N4O3/c1-5-22-20(24-16-21(2,26)19-10-7-12-28-19)23-15-17-8-6-9-18(14-17)27-13-11-25(3)4/h6-10,12,14,26H,5,11,13,15-16H2,1-4H3,(H2,22,23,24). The van der Waals surface area contributed by atoms with Crippen LogP contribution in [0.3, 0.4) is 0 Å². The predicted octanol–water partition coefficient (Wildman–Crippen LogP) is 2.18. The zero-order valence-corrected chi connectivity index (χ0v) is 17.2. The van der Waals surface area contributed by atoms with E-state index in [2.05, 4.69) is 20.5 Å². The normalized spacial score (nSPS) is 14.0. The fraction of sp³-hybridized carbons (Fsp3) is 0.476. The molecule has 1 atom stereocenters. The Morgan fingerprint density at radius 2 is 2.07 bits per heavy atom. The van der Waals surface area contributed by atoms with Gasteiger partial charge in [-0.15, -0.1) is 0 Å². The molecule has 0 spiro atoms. The van der Waals surface area contributed by atoms with Gasteiger partial charge in [0.05, 0.1) is 19.4 Å². The average Bonchev–Trinajstić information content (AvgIpc) is 3.20. The van der Waals surface area contributed by atoms with Crippen molar-refractivity contribution in [1.82, 2.24) is 15.5 Å². The SMILES string of the molecule is CCNC(=NCc1cccc(OCCN(C)C)c1)NCC(C)(O)c1ccco1. The van der Waals surface area contributed by atoms with Gasteiger partial charge >= 0.3 is 0 Å². The fourth-order valence-corrected chi connectivity index (χ4v) is 2.52. The highest BCUT2D eigenvalue weighted by molar-refractivity contribution is 5.79. The van der Waals surface area contributed by atoms with Gasteiger partial charge in [0.15, 0.2) is 5.96 Å². The number of rotatable bonds is 10. The number of nitrogens with zero attached hydrogens (tertiary/aromatic N) is 2. The number of aliphatic imine (C=N–C) groups is 1. The molecule has 0 saturated carbocycles. The van der Waals surface area contributed by atoms with Gasteiger partial charge in [-0.25, -0.2) is 4.99 Å². The minimum absolute atomic E-state index is 0.278. The topological polar surface area (TPSA) is 82.3 Å². The van der Waals surface area contributed by atoms with E-state index in [-0.39, 0.29) is 6.54 Å². The molecule has 1 aromatic heterocycles. The fourth-order valence-electron chi connectivity index (χ4n) is 2.52. The lowest BCUT2D eigenvalue weighted by Gasteiger charge is -2.22. The highest BCUT2D eigenvalue weighted by Gasteiger charge is 2.26. The summed E-state index contributed by atoms with van der Waals surface area (Å²) in [4.78, 5) is 6.69. The van der Waals surface area contributed by atoms with Crippen molar-refractivity contribution in [3.63, 3.8) is 0 Å². The summed E-state index contributed by atoms with van der Waals surface area (Å²) >= 11 is 0. The van der Waals surface area contributed by atoms with Gasteiger partial charge < -0.3 is 29.8 Å². The Labute approximate surface area is 167 Å². The minimum atomic E-state index is -1.13. The first-order valence-corrected chi connectivity index (χ1v) is 9.55. The van der Waals surface area contributed by atoms with Crippen molar-refractivity contribution in [3.8, 4) is 5.75 Å². The number of likely N-dealkylation sites (N-methyl/N-ethyl adjacent to an activating group) is 1. The lowest BCUT2D eigenvalue weighted by atomic mass is 10.0. The van der Waals surface area contributed by atoms with Crippen molar-refractivity contribution in [2.75, 3.05) is 40.3 Å². The molecule has 0 bridgehead atoms. The van der Waals surface area contributed by atoms with E-state index in [0.29, 0.717) is 24.9 Å². The minimum Gasteiger partial charge on any atom is -0.492 e. The molecule has 0 amide bonds. The number of furan rings is 1. The first-order valence-electron chi connectivity index (χ1n) is 9.55. The smallest absolute Gasteiger partial charge is 0.191 e. The van der Waals surface area contributed by atoms with Crippen LogP contribution in [0.15, 0.2) is 52.1 Å². The molecular weight excluding hydrogens is 356 g/mol. The Bertz CT molecular complexity index is 727. The molecule has 3 N–H and O–H groups in total. The molecule has 0 aliphatic rings. The summed E-state index contributed by atoms with van der Waals surface area (Å²) in [5.74, 6) is 1.99. The Hall–Kier alpha value is -2.51. The molecule has 154 valence electrons. The van der Waals surface area contributed by atoms with Crippen molar-refractivity contribution in [2.24, 2.45) is 4.99 Å². The van der Waals surface area contributed by atoms with Gasteiger partial charge in [-0.2, -0.15) is 0 Å². The van der Waals surface area contributed by atoms with Crippen LogP contribution < -0.4 is 15.4 Å². The van der Waals surface area contributed by atoms with Gasteiger partial charge in [0.1, 0.15) is 23.7 Å². The van der Waals surface area contributed by atoms with Gasteiger partial charge in [0, 0.05) is 13.1 Å². The van der Waals surface area contributed by atoms with E-state index >= 15 is 0 Å². The van der Waals surface area contributed by atoms with Crippen LogP contribution in [0.5, 0.6) is 5.75 Å². The maximum Gasteiger partial charge on any atom is 0.191 e. The average molecular weight is 389 g/mol. The van der Waals surface area contributed by atoms with Crippen LogP contribution in [0.2, 0.25) is 0 Å². The van der Waals surface area contributed by atoms with Crippen LogP contribution in [-0.4, -0.2) is 56.3 Å². The molecular formula is C21H32N4O3. The van der Waals surface area contributed by atoms with E-state index in [1.165, 1.54) is 0 Å². The molecule has 28 heavy (non-hydrogen) atoms. The zero-order valence-electron chi connectivity index (χ0n) is 17.2. The van der Waals surface area contributed by atoms with E-state index in [4.69, 9.17) is 9.15 Å². The molecule has 2 rings (SSSR count). The molecule has 0 aliphatic carbocycles. The third kappa shape index (κ3) is 7.25. The predicted molar refractivity (Wildman–Crippen MR) is 112 cm³/mol. The second kappa shape index (κ2) is 10.7. The second-order valence-corrected chi connectivity index (χ2v) is 7.10. The molecule has 1 heterocycles. The maximum absolute atomic E-state index is 10.6. The van der Waals surface area contributed by atoms with E-state index in [9.17, 15) is 5.11 Å². The largest absolute Gasteiger partial charge is 0.492 e. The monoisotopic (exact) mass is 388 g/mol. The third-order valence-electron chi connectivity index (χ3n) is 4.12. The molecule has 7 nitrogen and oxygen atoms in total. The zero-order chi connectivity index (χ0) is 20.4. The van der Waals surface area contributed by atoms with Crippen LogP contribution in [0.4, 0.5) is 0 Å². The van der Waals surface area contributed by atoms with Crippen LogP contribution in [0.25, 0.3) is 0 Å². The Morgan fingerprint density at radius 3 is 2.75 bits per heavy atom. The first kappa shape index (κ1) is 21.8. The lowest BCUT2D eigenvalue weighted by Crippen LogP contribution is -2.44. The summed E-state index contributed by atoms with van der Waals surface area (Å²) < 4.78 is 11.1. The Balaban J connectivity index is 1.94. The van der Waals surface area contributed by atoms with E-state index in [0.717, 1.165) is 24.4 Å². The summed E-state index contributed by atoms with van der Waals surface area (Å²) in [6.45, 7) is 6.72. The summed E-state index contributed by atoms with van der Waals surface area (Å²) in [6, 6.07) is 11.5. The third-order valence-corrected chi connectivity index (χ3v) is 4.12. The molecule has 0 saturated heterocycles. The van der Waals surface area contributed by atoms with Gasteiger partial charge in [0.2, 0.25) is 0 Å².